The monoisotopic (exact) mass is 458 g/mol. The molecule has 0 bridgehead atoms. The standard InChI is InChI=1S/C19H30N4O.HI/c1-24-18-10-4-3-9-16(18)17(22-11-7-8-12-22)15-21-19(20)23-13-5-2-6-14-23;/h3-4,9-10,17H,2,5-8,11-15H2,1H3,(H2,20,21);1H. The van der Waals surface area contributed by atoms with Crippen molar-refractivity contribution in [1.82, 2.24) is 9.80 Å². The Morgan fingerprint density at radius 1 is 1.08 bits per heavy atom. The number of para-hydroxylation sites is 1. The summed E-state index contributed by atoms with van der Waals surface area (Å²) < 4.78 is 5.59. The molecule has 140 valence electrons. The highest BCUT2D eigenvalue weighted by Crippen LogP contribution is 2.31. The molecule has 5 nitrogen and oxygen atoms in total. The molecule has 0 aromatic heterocycles. The molecule has 1 atom stereocenters. The van der Waals surface area contributed by atoms with E-state index in [1.165, 1.54) is 37.7 Å². The molecule has 1 aromatic carbocycles. The minimum atomic E-state index is 0. The number of ether oxygens (including phenoxy) is 1. The molecule has 1 unspecified atom stereocenters. The second kappa shape index (κ2) is 10.2. The zero-order valence-corrected chi connectivity index (χ0v) is 17.5. The first kappa shape index (κ1) is 20.3. The summed E-state index contributed by atoms with van der Waals surface area (Å²) in [5.41, 5.74) is 7.49. The molecule has 0 aliphatic carbocycles. The molecule has 2 fully saturated rings. The first-order valence-corrected chi connectivity index (χ1v) is 9.21. The third kappa shape index (κ3) is 5.23. The lowest BCUT2D eigenvalue weighted by atomic mass is 10.0. The van der Waals surface area contributed by atoms with Gasteiger partial charge in [-0.25, -0.2) is 0 Å². The van der Waals surface area contributed by atoms with Crippen LogP contribution in [0.1, 0.15) is 43.7 Å². The largest absolute Gasteiger partial charge is 0.496 e. The molecule has 2 aliphatic rings. The predicted molar refractivity (Wildman–Crippen MR) is 114 cm³/mol. The zero-order chi connectivity index (χ0) is 16.8. The highest BCUT2D eigenvalue weighted by Gasteiger charge is 2.26. The number of nitrogens with zero attached hydrogens (tertiary/aromatic N) is 3. The Bertz CT molecular complexity index is 554. The van der Waals surface area contributed by atoms with Gasteiger partial charge in [0.15, 0.2) is 5.96 Å². The number of rotatable bonds is 5. The average molecular weight is 458 g/mol. The number of benzene rings is 1. The van der Waals surface area contributed by atoms with Crippen LogP contribution >= 0.6 is 24.0 Å². The van der Waals surface area contributed by atoms with Crippen LogP contribution in [0.3, 0.4) is 0 Å². The van der Waals surface area contributed by atoms with Crippen LogP contribution in [0, 0.1) is 0 Å². The van der Waals surface area contributed by atoms with E-state index in [1.54, 1.807) is 7.11 Å². The topological polar surface area (TPSA) is 54.1 Å². The zero-order valence-electron chi connectivity index (χ0n) is 15.2. The van der Waals surface area contributed by atoms with Crippen molar-refractivity contribution in [2.75, 3.05) is 39.8 Å². The normalized spacial score (nSPS) is 20.2. The van der Waals surface area contributed by atoms with Crippen molar-refractivity contribution in [3.8, 4) is 5.75 Å². The Morgan fingerprint density at radius 3 is 2.40 bits per heavy atom. The van der Waals surface area contributed by atoms with Gasteiger partial charge in [-0.05, 0) is 51.3 Å². The van der Waals surface area contributed by atoms with E-state index in [-0.39, 0.29) is 30.0 Å². The Kier molecular flexibility index (Phi) is 8.29. The van der Waals surface area contributed by atoms with Crippen LogP contribution in [0.5, 0.6) is 5.75 Å². The van der Waals surface area contributed by atoms with Crippen molar-refractivity contribution in [3.05, 3.63) is 29.8 Å². The molecule has 2 N–H and O–H groups in total. The van der Waals surface area contributed by atoms with Crippen molar-refractivity contribution < 1.29 is 4.74 Å². The molecular weight excluding hydrogens is 427 g/mol. The van der Waals surface area contributed by atoms with Crippen LogP contribution in [0.25, 0.3) is 0 Å². The van der Waals surface area contributed by atoms with Gasteiger partial charge in [0, 0.05) is 18.7 Å². The number of methoxy groups -OCH3 is 1. The number of guanidine groups is 1. The average Bonchev–Trinajstić information content (AvgIpc) is 3.17. The Labute approximate surface area is 168 Å². The lowest BCUT2D eigenvalue weighted by molar-refractivity contribution is 0.244. The first-order chi connectivity index (χ1) is 11.8. The Balaban J connectivity index is 0.00000225. The van der Waals surface area contributed by atoms with Crippen molar-refractivity contribution in [2.24, 2.45) is 10.7 Å². The first-order valence-electron chi connectivity index (χ1n) is 9.21. The van der Waals surface area contributed by atoms with Crippen molar-refractivity contribution >= 4 is 29.9 Å². The molecule has 6 heteroatoms. The third-order valence-electron chi connectivity index (χ3n) is 5.19. The van der Waals surface area contributed by atoms with Gasteiger partial charge in [-0.1, -0.05) is 18.2 Å². The lowest BCUT2D eigenvalue weighted by Crippen LogP contribution is -2.41. The maximum absolute atomic E-state index is 6.27. The summed E-state index contributed by atoms with van der Waals surface area (Å²) >= 11 is 0. The third-order valence-corrected chi connectivity index (χ3v) is 5.19. The summed E-state index contributed by atoms with van der Waals surface area (Å²) in [6.07, 6.45) is 6.27. The molecule has 1 aromatic rings. The number of likely N-dealkylation sites (tertiary alicyclic amines) is 2. The molecule has 2 aliphatic heterocycles. The smallest absolute Gasteiger partial charge is 0.191 e. The van der Waals surface area contributed by atoms with Crippen molar-refractivity contribution in [3.63, 3.8) is 0 Å². The fourth-order valence-electron chi connectivity index (χ4n) is 3.81. The number of nitrogens with two attached hydrogens (primary N) is 1. The van der Waals surface area contributed by atoms with Gasteiger partial charge >= 0.3 is 0 Å². The second-order valence-corrected chi connectivity index (χ2v) is 6.75. The molecule has 0 spiro atoms. The van der Waals surface area contributed by atoms with Gasteiger partial charge in [-0.3, -0.25) is 9.89 Å². The minimum absolute atomic E-state index is 0. The van der Waals surface area contributed by atoms with E-state index >= 15 is 0 Å². The fourth-order valence-corrected chi connectivity index (χ4v) is 3.81. The molecular formula is C19H31IN4O. The highest BCUT2D eigenvalue weighted by atomic mass is 127. The molecule has 2 saturated heterocycles. The van der Waals surface area contributed by atoms with E-state index in [4.69, 9.17) is 15.5 Å². The molecule has 0 saturated carbocycles. The van der Waals surface area contributed by atoms with E-state index < -0.39 is 0 Å². The van der Waals surface area contributed by atoms with E-state index in [2.05, 4.69) is 21.9 Å². The van der Waals surface area contributed by atoms with Crippen LogP contribution in [0.4, 0.5) is 0 Å². The van der Waals surface area contributed by atoms with Gasteiger partial charge in [0.05, 0.1) is 19.7 Å². The number of hydrogen-bond acceptors (Lipinski definition) is 3. The van der Waals surface area contributed by atoms with E-state index in [9.17, 15) is 0 Å². The number of aliphatic imine (C=N–C) groups is 1. The van der Waals surface area contributed by atoms with Gasteiger partial charge in [0.1, 0.15) is 5.75 Å². The van der Waals surface area contributed by atoms with Crippen LogP contribution in [-0.4, -0.2) is 55.6 Å². The van der Waals surface area contributed by atoms with Gasteiger partial charge in [0.2, 0.25) is 0 Å². The molecule has 0 radical (unpaired) electrons. The lowest BCUT2D eigenvalue weighted by Gasteiger charge is -2.30. The maximum atomic E-state index is 6.27. The number of hydrogen-bond donors (Lipinski definition) is 1. The van der Waals surface area contributed by atoms with Crippen LogP contribution in [-0.2, 0) is 0 Å². The Morgan fingerprint density at radius 2 is 1.72 bits per heavy atom. The predicted octanol–water partition coefficient (Wildman–Crippen LogP) is 3.25. The summed E-state index contributed by atoms with van der Waals surface area (Å²) in [4.78, 5) is 9.52. The van der Waals surface area contributed by atoms with Crippen molar-refractivity contribution in [2.45, 2.75) is 38.1 Å². The van der Waals surface area contributed by atoms with E-state index in [1.807, 2.05) is 12.1 Å². The summed E-state index contributed by atoms with van der Waals surface area (Å²) in [6.45, 7) is 5.03. The summed E-state index contributed by atoms with van der Waals surface area (Å²) in [7, 11) is 1.74. The molecule has 3 rings (SSSR count). The maximum Gasteiger partial charge on any atom is 0.191 e. The van der Waals surface area contributed by atoms with E-state index in [0.29, 0.717) is 12.5 Å². The quantitative estimate of drug-likeness (QED) is 0.418. The van der Waals surface area contributed by atoms with Crippen LogP contribution in [0.2, 0.25) is 0 Å². The molecule has 2 heterocycles. The summed E-state index contributed by atoms with van der Waals surface area (Å²) in [5.74, 6) is 1.65. The summed E-state index contributed by atoms with van der Waals surface area (Å²) in [5, 5.41) is 0. The number of halogens is 1. The minimum Gasteiger partial charge on any atom is -0.496 e. The highest BCUT2D eigenvalue weighted by molar-refractivity contribution is 14.0. The summed E-state index contributed by atoms with van der Waals surface area (Å²) in [6, 6.07) is 8.55. The van der Waals surface area contributed by atoms with Gasteiger partial charge < -0.3 is 15.4 Å². The van der Waals surface area contributed by atoms with Crippen molar-refractivity contribution in [1.29, 1.82) is 0 Å². The SMILES string of the molecule is COc1ccccc1C(CN=C(N)N1CCCCC1)N1CCCC1.I. The Hall–Kier alpha value is -1.02. The van der Waals surface area contributed by atoms with Gasteiger partial charge in [-0.2, -0.15) is 0 Å². The second-order valence-electron chi connectivity index (χ2n) is 6.75. The fraction of sp³-hybridized carbons (Fsp3) is 0.632. The molecule has 25 heavy (non-hydrogen) atoms. The van der Waals surface area contributed by atoms with Crippen LogP contribution < -0.4 is 10.5 Å². The number of piperidine rings is 1. The van der Waals surface area contributed by atoms with Gasteiger partial charge in [-0.15, -0.1) is 24.0 Å². The van der Waals surface area contributed by atoms with E-state index in [0.717, 1.165) is 31.9 Å². The van der Waals surface area contributed by atoms with Crippen LogP contribution in [0.15, 0.2) is 29.3 Å². The van der Waals surface area contributed by atoms with Gasteiger partial charge in [0.25, 0.3) is 0 Å². The molecule has 0 amide bonds.